The number of nitrogens with zero attached hydrogens (tertiary/aromatic N) is 1. The highest BCUT2D eigenvalue weighted by Gasteiger charge is 2.23. The van der Waals surface area contributed by atoms with E-state index in [1.165, 1.54) is 0 Å². The molecular formula is C19H18BrNO4. The highest BCUT2D eigenvalue weighted by Crippen LogP contribution is 2.25. The zero-order valence-electron chi connectivity index (χ0n) is 13.5. The van der Waals surface area contributed by atoms with E-state index in [0.717, 1.165) is 17.5 Å². The SMILES string of the molecule is O=C(O)CCCC[n+]1c2ccccc2c(C(=O)O)c2ccccc21.[Br-]. The Morgan fingerprint density at radius 3 is 1.84 bits per heavy atom. The first-order valence-corrected chi connectivity index (χ1v) is 7.88. The van der Waals surface area contributed by atoms with E-state index in [1.807, 2.05) is 48.5 Å². The molecule has 0 saturated carbocycles. The van der Waals surface area contributed by atoms with Gasteiger partial charge in [0.25, 0.3) is 0 Å². The van der Waals surface area contributed by atoms with Crippen LogP contribution in [0.1, 0.15) is 29.6 Å². The molecule has 3 rings (SSSR count). The van der Waals surface area contributed by atoms with E-state index >= 15 is 0 Å². The van der Waals surface area contributed by atoms with Crippen molar-refractivity contribution in [3.05, 3.63) is 54.1 Å². The van der Waals surface area contributed by atoms with Gasteiger partial charge in [-0.3, -0.25) is 4.79 Å². The van der Waals surface area contributed by atoms with E-state index in [4.69, 9.17) is 5.11 Å². The number of fused-ring (bicyclic) bond motifs is 2. The van der Waals surface area contributed by atoms with Crippen molar-refractivity contribution in [1.82, 2.24) is 0 Å². The summed E-state index contributed by atoms with van der Waals surface area (Å²) in [5, 5.41) is 19.8. The summed E-state index contributed by atoms with van der Waals surface area (Å²) in [6.45, 7) is 0.647. The summed E-state index contributed by atoms with van der Waals surface area (Å²) in [6.07, 6.45) is 1.45. The van der Waals surface area contributed by atoms with E-state index in [0.29, 0.717) is 29.3 Å². The average Bonchev–Trinajstić information content (AvgIpc) is 2.57. The van der Waals surface area contributed by atoms with Crippen LogP contribution in [-0.2, 0) is 11.3 Å². The second-order valence-corrected chi connectivity index (χ2v) is 5.72. The molecule has 0 bridgehead atoms. The Morgan fingerprint density at radius 1 is 0.840 bits per heavy atom. The average molecular weight is 404 g/mol. The van der Waals surface area contributed by atoms with Gasteiger partial charge in [0.2, 0.25) is 11.0 Å². The van der Waals surface area contributed by atoms with Gasteiger partial charge in [0.1, 0.15) is 6.54 Å². The van der Waals surface area contributed by atoms with Gasteiger partial charge in [0.15, 0.2) is 0 Å². The Labute approximate surface area is 155 Å². The minimum absolute atomic E-state index is 0. The van der Waals surface area contributed by atoms with Crippen molar-refractivity contribution < 1.29 is 41.4 Å². The molecule has 0 amide bonds. The summed E-state index contributed by atoms with van der Waals surface area (Å²) in [6, 6.07) is 14.9. The first-order valence-electron chi connectivity index (χ1n) is 7.88. The van der Waals surface area contributed by atoms with Gasteiger partial charge in [0, 0.05) is 25.0 Å². The van der Waals surface area contributed by atoms with Gasteiger partial charge in [-0.05, 0) is 18.6 Å². The highest BCUT2D eigenvalue weighted by atomic mass is 79.9. The fourth-order valence-electron chi connectivity index (χ4n) is 3.13. The number of hydrogen-bond acceptors (Lipinski definition) is 2. The molecule has 3 aromatic rings. The maximum atomic E-state index is 11.8. The number of benzene rings is 2. The molecule has 0 saturated heterocycles. The zero-order chi connectivity index (χ0) is 17.1. The second kappa shape index (κ2) is 8.07. The van der Waals surface area contributed by atoms with Crippen LogP contribution in [0.5, 0.6) is 0 Å². The Hall–Kier alpha value is -2.47. The number of aryl methyl sites for hydroxylation is 1. The van der Waals surface area contributed by atoms with E-state index in [1.54, 1.807) is 0 Å². The van der Waals surface area contributed by atoms with E-state index in [9.17, 15) is 14.7 Å². The molecule has 25 heavy (non-hydrogen) atoms. The molecule has 1 aromatic heterocycles. The lowest BCUT2D eigenvalue weighted by molar-refractivity contribution is -0.645. The van der Waals surface area contributed by atoms with Crippen LogP contribution >= 0.6 is 0 Å². The number of para-hydroxylation sites is 2. The summed E-state index contributed by atoms with van der Waals surface area (Å²) in [4.78, 5) is 22.5. The molecule has 5 nitrogen and oxygen atoms in total. The van der Waals surface area contributed by atoms with E-state index < -0.39 is 11.9 Å². The molecule has 0 atom stereocenters. The Morgan fingerprint density at radius 2 is 1.36 bits per heavy atom. The minimum atomic E-state index is -0.944. The van der Waals surface area contributed by atoms with Gasteiger partial charge >= 0.3 is 11.9 Å². The molecule has 0 spiro atoms. The van der Waals surface area contributed by atoms with Crippen LogP contribution in [0.2, 0.25) is 0 Å². The number of carbonyl (C=O) groups is 2. The zero-order valence-corrected chi connectivity index (χ0v) is 15.1. The molecular weight excluding hydrogens is 386 g/mol. The van der Waals surface area contributed by atoms with Crippen molar-refractivity contribution in [2.24, 2.45) is 0 Å². The van der Waals surface area contributed by atoms with Crippen LogP contribution < -0.4 is 21.5 Å². The molecule has 0 radical (unpaired) electrons. The third kappa shape index (κ3) is 3.79. The summed E-state index contributed by atoms with van der Waals surface area (Å²) in [7, 11) is 0. The van der Waals surface area contributed by atoms with Gasteiger partial charge in [-0.1, -0.05) is 24.3 Å². The fourth-order valence-corrected chi connectivity index (χ4v) is 3.13. The highest BCUT2D eigenvalue weighted by molar-refractivity contribution is 6.12. The van der Waals surface area contributed by atoms with Crippen molar-refractivity contribution in [1.29, 1.82) is 0 Å². The molecule has 2 N–H and O–H groups in total. The van der Waals surface area contributed by atoms with Gasteiger partial charge < -0.3 is 27.2 Å². The second-order valence-electron chi connectivity index (χ2n) is 5.72. The standard InChI is InChI=1S/C19H17NO4.BrH/c21-17(22)11-5-6-12-20-15-9-3-1-7-13(15)18(19(23)24)14-8-2-4-10-16(14)20;/h1-4,7-10H,5-6,11-12H2,(H-,21,22,23,24);1H. The summed E-state index contributed by atoms with van der Waals surface area (Å²) in [5.41, 5.74) is 2.01. The number of aromatic nitrogens is 1. The lowest BCUT2D eigenvalue weighted by atomic mass is 10.0. The minimum Gasteiger partial charge on any atom is -1.00 e. The smallest absolute Gasteiger partial charge is 0.337 e. The van der Waals surface area contributed by atoms with E-state index in [2.05, 4.69) is 4.57 Å². The number of aliphatic carboxylic acids is 1. The van der Waals surface area contributed by atoms with Crippen LogP contribution in [0.15, 0.2) is 48.5 Å². The van der Waals surface area contributed by atoms with Crippen molar-refractivity contribution in [2.45, 2.75) is 25.8 Å². The van der Waals surface area contributed by atoms with Crippen LogP contribution in [0.4, 0.5) is 0 Å². The Kier molecular flexibility index (Phi) is 6.09. The number of carboxylic acid groups (broad SMARTS) is 2. The number of hydrogen-bond donors (Lipinski definition) is 2. The fraction of sp³-hybridized carbons (Fsp3) is 0.211. The molecule has 130 valence electrons. The summed E-state index contributed by atoms with van der Waals surface area (Å²) in [5.74, 6) is -1.74. The van der Waals surface area contributed by atoms with Crippen LogP contribution in [0.25, 0.3) is 21.8 Å². The molecule has 1 heterocycles. The van der Waals surface area contributed by atoms with Crippen molar-refractivity contribution in [2.75, 3.05) is 0 Å². The molecule has 0 aliphatic heterocycles. The summed E-state index contributed by atoms with van der Waals surface area (Å²) >= 11 is 0. The predicted octanol–water partition coefficient (Wildman–Crippen LogP) is 0.238. The number of halogens is 1. The van der Waals surface area contributed by atoms with Crippen LogP contribution in [0, 0.1) is 0 Å². The third-order valence-electron chi connectivity index (χ3n) is 4.16. The van der Waals surface area contributed by atoms with Crippen LogP contribution in [-0.4, -0.2) is 22.2 Å². The van der Waals surface area contributed by atoms with E-state index in [-0.39, 0.29) is 23.4 Å². The molecule has 6 heteroatoms. The van der Waals surface area contributed by atoms with Gasteiger partial charge in [-0.25, -0.2) is 4.79 Å². The molecule has 2 aromatic carbocycles. The molecule has 0 unspecified atom stereocenters. The molecule has 0 fully saturated rings. The third-order valence-corrected chi connectivity index (χ3v) is 4.16. The maximum absolute atomic E-state index is 11.8. The maximum Gasteiger partial charge on any atom is 0.337 e. The first kappa shape index (κ1) is 18.9. The number of aromatic carboxylic acids is 1. The predicted molar refractivity (Wildman–Crippen MR) is 90.1 cm³/mol. The topological polar surface area (TPSA) is 78.5 Å². The lowest BCUT2D eigenvalue weighted by Crippen LogP contribution is -3.00. The Balaban J connectivity index is 0.00000225. The van der Waals surface area contributed by atoms with Crippen molar-refractivity contribution in [3.63, 3.8) is 0 Å². The lowest BCUT2D eigenvalue weighted by Gasteiger charge is -2.09. The number of unbranched alkanes of at least 4 members (excludes halogenated alkanes) is 1. The van der Waals surface area contributed by atoms with Gasteiger partial charge in [-0.15, -0.1) is 0 Å². The van der Waals surface area contributed by atoms with Crippen LogP contribution in [0.3, 0.4) is 0 Å². The Bertz CT molecular complexity index is 882. The van der Waals surface area contributed by atoms with Crippen molar-refractivity contribution >= 4 is 33.7 Å². The van der Waals surface area contributed by atoms with Crippen molar-refractivity contribution in [3.8, 4) is 0 Å². The quantitative estimate of drug-likeness (QED) is 0.351. The first-order chi connectivity index (χ1) is 11.6. The normalized spacial score (nSPS) is 10.6. The molecule has 0 aliphatic carbocycles. The number of pyridine rings is 1. The number of rotatable bonds is 6. The van der Waals surface area contributed by atoms with Gasteiger partial charge in [0.05, 0.1) is 16.3 Å². The van der Waals surface area contributed by atoms with Gasteiger partial charge in [-0.2, -0.15) is 4.57 Å². The summed E-state index contributed by atoms with van der Waals surface area (Å²) < 4.78 is 2.08. The number of carboxylic acids is 2. The largest absolute Gasteiger partial charge is 1.00 e. The monoisotopic (exact) mass is 403 g/mol. The molecule has 0 aliphatic rings.